The first-order valence-corrected chi connectivity index (χ1v) is 9.55. The van der Waals surface area contributed by atoms with Crippen LogP contribution in [0.25, 0.3) is 0 Å². The van der Waals surface area contributed by atoms with Gasteiger partial charge in [0.15, 0.2) is 0 Å². The fraction of sp³-hybridized carbons (Fsp3) is 0.286. The molecular formula is C21H16F5N3O3. The van der Waals surface area contributed by atoms with Gasteiger partial charge in [0.05, 0.1) is 12.3 Å². The molecule has 0 bridgehead atoms. The molecule has 168 valence electrons. The topological polar surface area (TPSA) is 72.3 Å². The van der Waals surface area contributed by atoms with E-state index in [2.05, 4.69) is 10.1 Å². The van der Waals surface area contributed by atoms with E-state index < -0.39 is 35.9 Å². The number of oxime groups is 1. The molecule has 2 aliphatic rings. The van der Waals surface area contributed by atoms with Crippen LogP contribution in [0.15, 0.2) is 52.6 Å². The zero-order valence-corrected chi connectivity index (χ0v) is 16.3. The number of carbonyl (C=O) groups excluding carboxylic acids is 1. The number of hydrogen-bond acceptors (Lipinski definition) is 5. The molecule has 1 N–H and O–H groups in total. The molecule has 0 aliphatic carbocycles. The lowest BCUT2D eigenvalue weighted by atomic mass is 10.0. The first-order valence-electron chi connectivity index (χ1n) is 9.55. The molecular weight excluding hydrogens is 437 g/mol. The Morgan fingerprint density at radius 3 is 2.44 bits per heavy atom. The Morgan fingerprint density at radius 1 is 1.09 bits per heavy atom. The van der Waals surface area contributed by atoms with Gasteiger partial charge in [-0.1, -0.05) is 35.5 Å². The van der Waals surface area contributed by atoms with Crippen molar-refractivity contribution in [2.75, 3.05) is 13.2 Å². The van der Waals surface area contributed by atoms with Gasteiger partial charge >= 0.3 is 12.1 Å². The molecule has 2 unspecified atom stereocenters. The Bertz CT molecular complexity index is 1060. The minimum absolute atomic E-state index is 0.105. The number of carbonyl (C=O) groups is 1. The summed E-state index contributed by atoms with van der Waals surface area (Å²) in [6.07, 6.45) is -5.44. The third kappa shape index (κ3) is 4.56. The Hall–Kier alpha value is -3.50. The highest BCUT2D eigenvalue weighted by Gasteiger charge is 2.39. The second-order valence-corrected chi connectivity index (χ2v) is 7.16. The fourth-order valence-corrected chi connectivity index (χ4v) is 3.30. The maximum Gasteiger partial charge on any atom is 0.471 e. The summed E-state index contributed by atoms with van der Waals surface area (Å²) in [5.41, 5.74) is 1.63. The number of halogens is 5. The summed E-state index contributed by atoms with van der Waals surface area (Å²) in [4.78, 5) is 20.3. The quantitative estimate of drug-likeness (QED) is 0.703. The van der Waals surface area contributed by atoms with Crippen molar-refractivity contribution in [3.8, 4) is 0 Å². The van der Waals surface area contributed by atoms with Crippen molar-refractivity contribution < 1.29 is 36.3 Å². The Labute approximate surface area is 178 Å². The molecule has 0 aromatic heterocycles. The molecule has 4 rings (SSSR count). The highest BCUT2D eigenvalue weighted by atomic mass is 19.4. The predicted molar refractivity (Wildman–Crippen MR) is 103 cm³/mol. The molecule has 2 aliphatic heterocycles. The predicted octanol–water partition coefficient (Wildman–Crippen LogP) is 3.65. The SMILES string of the molecule is O=C(NCC1CC(c2ccc(C3COC(c4c(F)cccc4F)=N3)cc2)=NO1)C(F)(F)F. The van der Waals surface area contributed by atoms with E-state index in [0.717, 1.165) is 17.7 Å². The van der Waals surface area contributed by atoms with Crippen molar-refractivity contribution in [3.63, 3.8) is 0 Å². The van der Waals surface area contributed by atoms with Crippen LogP contribution in [0, 0.1) is 11.6 Å². The van der Waals surface area contributed by atoms with Gasteiger partial charge in [0, 0.05) is 6.42 Å². The van der Waals surface area contributed by atoms with Crippen LogP contribution in [0.3, 0.4) is 0 Å². The summed E-state index contributed by atoms with van der Waals surface area (Å²) >= 11 is 0. The average Bonchev–Trinajstić information content (AvgIpc) is 3.41. The maximum atomic E-state index is 13.9. The highest BCUT2D eigenvalue weighted by molar-refractivity contribution is 6.01. The van der Waals surface area contributed by atoms with Gasteiger partial charge in [0.25, 0.3) is 0 Å². The Morgan fingerprint density at radius 2 is 1.78 bits per heavy atom. The van der Waals surface area contributed by atoms with Gasteiger partial charge in [0.1, 0.15) is 36.0 Å². The molecule has 1 amide bonds. The molecule has 2 aromatic rings. The molecule has 0 spiro atoms. The Kier molecular flexibility index (Phi) is 5.81. The molecule has 2 atom stereocenters. The third-order valence-corrected chi connectivity index (χ3v) is 4.94. The fourth-order valence-electron chi connectivity index (χ4n) is 3.30. The second kappa shape index (κ2) is 8.56. The largest absolute Gasteiger partial charge is 0.475 e. The maximum absolute atomic E-state index is 13.9. The molecule has 0 saturated heterocycles. The lowest BCUT2D eigenvalue weighted by Gasteiger charge is -2.11. The number of hydrogen-bond donors (Lipinski definition) is 1. The van der Waals surface area contributed by atoms with Crippen molar-refractivity contribution in [2.24, 2.45) is 10.1 Å². The minimum Gasteiger partial charge on any atom is -0.475 e. The van der Waals surface area contributed by atoms with E-state index in [0.29, 0.717) is 11.3 Å². The zero-order chi connectivity index (χ0) is 22.9. The van der Waals surface area contributed by atoms with Gasteiger partial charge in [-0.05, 0) is 23.3 Å². The van der Waals surface area contributed by atoms with E-state index in [1.807, 2.05) is 0 Å². The number of amides is 1. The van der Waals surface area contributed by atoms with E-state index in [1.165, 1.54) is 6.07 Å². The molecule has 2 heterocycles. The first kappa shape index (κ1) is 21.7. The molecule has 0 saturated carbocycles. The lowest BCUT2D eigenvalue weighted by molar-refractivity contribution is -0.174. The number of nitrogens with zero attached hydrogens (tertiary/aromatic N) is 2. The van der Waals surface area contributed by atoms with Crippen molar-refractivity contribution in [1.82, 2.24) is 5.32 Å². The van der Waals surface area contributed by atoms with Crippen molar-refractivity contribution >= 4 is 17.5 Å². The standard InChI is InChI=1S/C21H16F5N3O3/c22-14-2-1-3-15(23)18(14)19-28-17(10-31-19)12-6-4-11(5-7-12)16-8-13(32-29-16)9-27-20(30)21(24,25)26/h1-7,13,17H,8-10H2,(H,27,30). The average molecular weight is 453 g/mol. The van der Waals surface area contributed by atoms with Crippen LogP contribution in [-0.2, 0) is 14.4 Å². The number of alkyl halides is 3. The normalized spacial score (nSPS) is 20.3. The van der Waals surface area contributed by atoms with Gasteiger partial charge < -0.3 is 14.9 Å². The van der Waals surface area contributed by atoms with Crippen molar-refractivity contribution in [2.45, 2.75) is 24.7 Å². The monoisotopic (exact) mass is 453 g/mol. The summed E-state index contributed by atoms with van der Waals surface area (Å²) in [5, 5.41) is 5.64. The number of rotatable bonds is 5. The third-order valence-electron chi connectivity index (χ3n) is 4.94. The Balaban J connectivity index is 1.38. The van der Waals surface area contributed by atoms with E-state index in [9.17, 15) is 26.7 Å². The lowest BCUT2D eigenvalue weighted by Crippen LogP contribution is -2.40. The van der Waals surface area contributed by atoms with Gasteiger partial charge in [-0.15, -0.1) is 0 Å². The van der Waals surface area contributed by atoms with Gasteiger partial charge in [0.2, 0.25) is 5.90 Å². The van der Waals surface area contributed by atoms with Gasteiger partial charge in [-0.2, -0.15) is 13.2 Å². The molecule has 2 aromatic carbocycles. The zero-order valence-electron chi connectivity index (χ0n) is 16.3. The highest BCUT2D eigenvalue weighted by Crippen LogP contribution is 2.28. The smallest absolute Gasteiger partial charge is 0.471 e. The number of benzene rings is 2. The number of ether oxygens (including phenoxy) is 1. The molecule has 0 fully saturated rings. The van der Waals surface area contributed by atoms with Gasteiger partial charge in [-0.25, -0.2) is 13.8 Å². The first-order chi connectivity index (χ1) is 15.2. The number of nitrogens with one attached hydrogen (secondary N) is 1. The summed E-state index contributed by atoms with van der Waals surface area (Å²) < 4.78 is 70.0. The van der Waals surface area contributed by atoms with Crippen LogP contribution in [-0.4, -0.2) is 42.9 Å². The summed E-state index contributed by atoms with van der Waals surface area (Å²) in [5.74, 6) is -3.67. The van der Waals surface area contributed by atoms with Crippen LogP contribution in [0.1, 0.15) is 29.2 Å². The second-order valence-electron chi connectivity index (χ2n) is 7.16. The van der Waals surface area contributed by atoms with E-state index >= 15 is 0 Å². The van der Waals surface area contributed by atoms with Crippen LogP contribution < -0.4 is 5.32 Å². The summed E-state index contributed by atoms with van der Waals surface area (Å²) in [6.45, 7) is -0.208. The van der Waals surface area contributed by atoms with Gasteiger partial charge in [-0.3, -0.25) is 4.79 Å². The van der Waals surface area contributed by atoms with E-state index in [-0.39, 0.29) is 31.0 Å². The van der Waals surface area contributed by atoms with Crippen LogP contribution in [0.2, 0.25) is 0 Å². The van der Waals surface area contributed by atoms with Crippen LogP contribution in [0.4, 0.5) is 22.0 Å². The molecule has 32 heavy (non-hydrogen) atoms. The molecule has 0 radical (unpaired) electrons. The molecule has 11 heteroatoms. The molecule has 6 nitrogen and oxygen atoms in total. The summed E-state index contributed by atoms with van der Waals surface area (Å²) in [6, 6.07) is 9.99. The summed E-state index contributed by atoms with van der Waals surface area (Å²) in [7, 11) is 0. The van der Waals surface area contributed by atoms with Crippen LogP contribution >= 0.6 is 0 Å². The number of aliphatic imine (C=N–C) groups is 1. The minimum atomic E-state index is -4.96. The van der Waals surface area contributed by atoms with Crippen LogP contribution in [0.5, 0.6) is 0 Å². The van der Waals surface area contributed by atoms with Crippen molar-refractivity contribution in [3.05, 3.63) is 70.8 Å². The van der Waals surface area contributed by atoms with E-state index in [4.69, 9.17) is 9.57 Å². The van der Waals surface area contributed by atoms with E-state index in [1.54, 1.807) is 29.6 Å². The van der Waals surface area contributed by atoms with Crippen molar-refractivity contribution in [1.29, 1.82) is 0 Å².